The van der Waals surface area contributed by atoms with Crippen LogP contribution in [0.3, 0.4) is 0 Å². The van der Waals surface area contributed by atoms with E-state index >= 15 is 0 Å². The third kappa shape index (κ3) is 4.97. The van der Waals surface area contributed by atoms with E-state index in [1.54, 1.807) is 46.0 Å². The molecule has 1 unspecified atom stereocenters. The Kier molecular flexibility index (Phi) is 6.63. The summed E-state index contributed by atoms with van der Waals surface area (Å²) in [5.41, 5.74) is 13.8. The monoisotopic (exact) mass is 541 g/mol. The molecule has 2 amide bonds. The van der Waals surface area contributed by atoms with E-state index in [4.69, 9.17) is 21.3 Å². The van der Waals surface area contributed by atoms with E-state index in [2.05, 4.69) is 9.97 Å². The van der Waals surface area contributed by atoms with Crippen LogP contribution in [0.5, 0.6) is 11.5 Å². The number of primary amides is 1. The zero-order valence-electron chi connectivity index (χ0n) is 21.7. The van der Waals surface area contributed by atoms with Crippen molar-refractivity contribution in [3.05, 3.63) is 72.3 Å². The highest BCUT2D eigenvalue weighted by Gasteiger charge is 2.32. The van der Waals surface area contributed by atoms with Crippen LogP contribution in [-0.2, 0) is 9.59 Å². The summed E-state index contributed by atoms with van der Waals surface area (Å²) in [7, 11) is 0. The number of anilines is 1. The summed E-state index contributed by atoms with van der Waals surface area (Å²) in [5, 5.41) is 5.49. The van der Waals surface area contributed by atoms with E-state index in [-0.39, 0.29) is 35.0 Å². The van der Waals surface area contributed by atoms with Gasteiger partial charge >= 0.3 is 0 Å². The maximum Gasteiger partial charge on any atom is 0.259 e. The van der Waals surface area contributed by atoms with Crippen molar-refractivity contribution in [2.75, 3.05) is 18.8 Å². The molecule has 11 heteroatoms. The number of fused-ring (bicyclic) bond motifs is 1. The van der Waals surface area contributed by atoms with Gasteiger partial charge in [0, 0.05) is 18.7 Å². The molecule has 10 nitrogen and oxygen atoms in total. The lowest BCUT2D eigenvalue weighted by molar-refractivity contribution is -0.131. The number of rotatable bonds is 7. The first-order chi connectivity index (χ1) is 19.4. The van der Waals surface area contributed by atoms with Gasteiger partial charge in [-0.2, -0.15) is 5.10 Å². The number of hydrogen-bond acceptors (Lipinski definition) is 7. The lowest BCUT2D eigenvalue weighted by atomic mass is 10.0. The Balaban J connectivity index is 1.30. The number of likely N-dealkylation sites (tertiary alicyclic amines) is 1. The number of carbonyl (C=O) groups excluding carboxylic acids is 2. The molecule has 4 N–H and O–H groups in total. The van der Waals surface area contributed by atoms with Crippen LogP contribution >= 0.6 is 0 Å². The summed E-state index contributed by atoms with van der Waals surface area (Å²) in [6, 6.07) is 13.1. The normalized spacial score (nSPS) is 17.7. The van der Waals surface area contributed by atoms with Crippen molar-refractivity contribution in [1.82, 2.24) is 24.6 Å². The Bertz CT molecular complexity index is 1630. The van der Waals surface area contributed by atoms with E-state index in [9.17, 15) is 14.0 Å². The number of para-hydroxylation sites is 1. The van der Waals surface area contributed by atoms with Crippen molar-refractivity contribution in [2.24, 2.45) is 11.7 Å². The molecule has 0 radical (unpaired) electrons. The molecule has 1 saturated heterocycles. The number of nitrogens with zero attached hydrogens (tertiary/aromatic N) is 5. The van der Waals surface area contributed by atoms with Gasteiger partial charge in [-0.3, -0.25) is 9.59 Å². The first-order valence-corrected chi connectivity index (χ1v) is 13.2. The number of piperidine rings is 1. The zero-order chi connectivity index (χ0) is 27.8. The van der Waals surface area contributed by atoms with Gasteiger partial charge in [-0.05, 0) is 68.0 Å². The number of halogens is 1. The van der Waals surface area contributed by atoms with Crippen LogP contribution in [0.25, 0.3) is 22.3 Å². The number of ether oxygens (including phenoxy) is 1. The molecule has 40 heavy (non-hydrogen) atoms. The molecule has 3 heterocycles. The van der Waals surface area contributed by atoms with Gasteiger partial charge in [-0.15, -0.1) is 0 Å². The maximum atomic E-state index is 14.0. The minimum Gasteiger partial charge on any atom is -0.454 e. The van der Waals surface area contributed by atoms with Crippen LogP contribution in [0.2, 0.25) is 0 Å². The molecule has 2 aromatic carbocycles. The third-order valence-electron chi connectivity index (χ3n) is 7.26. The number of nitrogen functional groups attached to an aromatic ring is 1. The van der Waals surface area contributed by atoms with Gasteiger partial charge in [0.25, 0.3) is 11.8 Å². The molecule has 2 fully saturated rings. The van der Waals surface area contributed by atoms with Crippen molar-refractivity contribution in [2.45, 2.75) is 31.7 Å². The number of benzene rings is 2. The fourth-order valence-electron chi connectivity index (χ4n) is 5.05. The van der Waals surface area contributed by atoms with Gasteiger partial charge in [0.2, 0.25) is 0 Å². The molecule has 1 atom stereocenters. The molecule has 204 valence electrons. The average Bonchev–Trinajstić information content (AvgIpc) is 3.70. The van der Waals surface area contributed by atoms with E-state index in [1.165, 1.54) is 12.4 Å². The maximum absolute atomic E-state index is 14.0. The first kappa shape index (κ1) is 25.5. The minimum atomic E-state index is -0.700. The van der Waals surface area contributed by atoms with Crippen LogP contribution in [0.1, 0.15) is 31.7 Å². The Morgan fingerprint density at radius 1 is 1.05 bits per heavy atom. The number of amides is 2. The van der Waals surface area contributed by atoms with Crippen molar-refractivity contribution in [1.29, 1.82) is 0 Å². The van der Waals surface area contributed by atoms with Gasteiger partial charge in [0.15, 0.2) is 17.2 Å². The zero-order valence-corrected chi connectivity index (χ0v) is 21.7. The molecule has 0 bridgehead atoms. The van der Waals surface area contributed by atoms with Gasteiger partial charge in [-0.1, -0.05) is 18.2 Å². The molecule has 2 aliphatic rings. The molecule has 1 saturated carbocycles. The Morgan fingerprint density at radius 3 is 2.55 bits per heavy atom. The van der Waals surface area contributed by atoms with Crippen molar-refractivity contribution < 1.29 is 18.7 Å². The van der Waals surface area contributed by atoms with Gasteiger partial charge in [-0.25, -0.2) is 19.0 Å². The van der Waals surface area contributed by atoms with Gasteiger partial charge < -0.3 is 21.1 Å². The Hall–Kier alpha value is -4.80. The first-order valence-electron chi connectivity index (χ1n) is 13.2. The molecule has 6 rings (SSSR count). The lowest BCUT2D eigenvalue weighted by Crippen LogP contribution is -2.43. The van der Waals surface area contributed by atoms with Crippen molar-refractivity contribution >= 4 is 28.7 Å². The smallest absolute Gasteiger partial charge is 0.259 e. The van der Waals surface area contributed by atoms with Crippen molar-refractivity contribution in [3.8, 4) is 22.8 Å². The highest BCUT2D eigenvalue weighted by molar-refractivity contribution is 6.17. The van der Waals surface area contributed by atoms with E-state index in [0.29, 0.717) is 35.6 Å². The molecule has 1 aliphatic carbocycles. The van der Waals surface area contributed by atoms with Crippen LogP contribution in [-0.4, -0.2) is 49.6 Å². The van der Waals surface area contributed by atoms with Gasteiger partial charge in [0.1, 0.15) is 29.2 Å². The molecule has 2 aromatic heterocycles. The quantitative estimate of drug-likeness (QED) is 0.205. The van der Waals surface area contributed by atoms with Crippen LogP contribution in [0.15, 0.2) is 66.5 Å². The second-order valence-corrected chi connectivity index (χ2v) is 10.1. The average molecular weight is 542 g/mol. The summed E-state index contributed by atoms with van der Waals surface area (Å²) in [6.45, 7) is 0.876. The highest BCUT2D eigenvalue weighted by Crippen LogP contribution is 2.36. The Morgan fingerprint density at radius 2 is 1.82 bits per heavy atom. The largest absolute Gasteiger partial charge is 0.454 e. The summed E-state index contributed by atoms with van der Waals surface area (Å²) in [6.07, 6.45) is 6.52. The van der Waals surface area contributed by atoms with E-state index in [1.807, 2.05) is 12.1 Å². The molecular formula is C29H28FN7O3. The van der Waals surface area contributed by atoms with Gasteiger partial charge in [0.05, 0.1) is 11.4 Å². The van der Waals surface area contributed by atoms with Crippen molar-refractivity contribution in [3.63, 3.8) is 0 Å². The fourth-order valence-corrected chi connectivity index (χ4v) is 5.05. The number of carbonyl (C=O) groups is 2. The summed E-state index contributed by atoms with van der Waals surface area (Å²) in [5.74, 6) is -0.377. The summed E-state index contributed by atoms with van der Waals surface area (Å²) in [4.78, 5) is 35.6. The second-order valence-electron chi connectivity index (χ2n) is 10.1. The number of hydrogen-bond donors (Lipinski definition) is 2. The lowest BCUT2D eigenvalue weighted by Gasteiger charge is -2.33. The standard InChI is InChI=1S/C29H28FN7O3/c30-22-5-1-2-6-23(22)40-20-11-9-18(10-12-20)25-24-26(31)33-16-34-28(24)37(35-25)19-4-3-13-36(15-19)29(39)21(27(32)38)14-17-7-8-17/h1-2,5-6,9-12,14,16-17,19H,3-4,7-8,13,15H2,(H2,32,38)(H2,31,33,34). The van der Waals surface area contributed by atoms with Crippen LogP contribution in [0, 0.1) is 11.7 Å². The third-order valence-corrected chi connectivity index (χ3v) is 7.26. The number of allylic oxidation sites excluding steroid dienone is 1. The molecule has 1 aliphatic heterocycles. The second kappa shape index (κ2) is 10.4. The number of aromatic nitrogens is 4. The summed E-state index contributed by atoms with van der Waals surface area (Å²) >= 11 is 0. The summed E-state index contributed by atoms with van der Waals surface area (Å²) < 4.78 is 21.5. The van der Waals surface area contributed by atoms with Crippen LogP contribution in [0.4, 0.5) is 10.2 Å². The fraction of sp³-hybridized carbons (Fsp3) is 0.276. The minimum absolute atomic E-state index is 0.0541. The number of nitrogens with two attached hydrogens (primary N) is 2. The van der Waals surface area contributed by atoms with E-state index in [0.717, 1.165) is 31.2 Å². The van der Waals surface area contributed by atoms with Crippen LogP contribution < -0.4 is 16.2 Å². The Labute approximate surface area is 229 Å². The SMILES string of the molecule is NC(=O)C(=CC1CC1)C(=O)N1CCCC(n2nc(-c3ccc(Oc4ccccc4F)cc3)c3c(N)ncnc32)C1. The molecule has 0 spiro atoms. The molecule has 4 aromatic rings. The predicted octanol–water partition coefficient (Wildman–Crippen LogP) is 3.99. The predicted molar refractivity (Wildman–Crippen MR) is 146 cm³/mol. The highest BCUT2D eigenvalue weighted by atomic mass is 19.1. The molecular weight excluding hydrogens is 513 g/mol. The topological polar surface area (TPSA) is 142 Å². The van der Waals surface area contributed by atoms with E-state index < -0.39 is 11.7 Å².